The zero-order chi connectivity index (χ0) is 12.7. The molecule has 0 bridgehead atoms. The highest BCUT2D eigenvalue weighted by Gasteiger charge is 2.11. The van der Waals surface area contributed by atoms with Gasteiger partial charge in [-0.15, -0.1) is 0 Å². The van der Waals surface area contributed by atoms with Crippen molar-refractivity contribution in [3.63, 3.8) is 0 Å². The van der Waals surface area contributed by atoms with Crippen molar-refractivity contribution >= 4 is 0 Å². The first-order valence-corrected chi connectivity index (χ1v) is 5.68. The lowest BCUT2D eigenvalue weighted by Gasteiger charge is -2.15. The molecule has 1 rings (SSSR count). The molecule has 0 amide bonds. The fourth-order valence-electron chi connectivity index (χ4n) is 1.49. The van der Waals surface area contributed by atoms with E-state index in [2.05, 4.69) is 6.07 Å². The van der Waals surface area contributed by atoms with Gasteiger partial charge < -0.3 is 15.2 Å². The van der Waals surface area contributed by atoms with Crippen LogP contribution in [0.25, 0.3) is 0 Å². The molecule has 1 atom stereocenters. The quantitative estimate of drug-likeness (QED) is 0.816. The van der Waals surface area contributed by atoms with Crippen molar-refractivity contribution < 1.29 is 9.47 Å². The lowest BCUT2D eigenvalue weighted by molar-refractivity contribution is 0.248. The Morgan fingerprint density at radius 2 is 2.24 bits per heavy atom. The molecule has 17 heavy (non-hydrogen) atoms. The molecule has 0 radical (unpaired) electrons. The molecule has 0 heterocycles. The van der Waals surface area contributed by atoms with Crippen molar-refractivity contribution in [2.45, 2.75) is 25.9 Å². The van der Waals surface area contributed by atoms with Crippen LogP contribution in [0.15, 0.2) is 18.2 Å². The summed E-state index contributed by atoms with van der Waals surface area (Å²) in [6.45, 7) is 2.46. The first kappa shape index (κ1) is 13.3. The fraction of sp³-hybridized carbons (Fsp3) is 0.462. The Labute approximate surface area is 102 Å². The molecule has 0 spiro atoms. The number of hydrogen-bond donors (Lipinski definition) is 1. The predicted molar refractivity (Wildman–Crippen MR) is 66.1 cm³/mol. The normalized spacial score (nSPS) is 11.6. The average Bonchev–Trinajstić information content (AvgIpc) is 2.37. The summed E-state index contributed by atoms with van der Waals surface area (Å²) in [5.74, 6) is 1.40. The van der Waals surface area contributed by atoms with E-state index in [4.69, 9.17) is 20.5 Å². The molecule has 0 fully saturated rings. The third-order valence-corrected chi connectivity index (χ3v) is 2.47. The average molecular weight is 234 g/mol. The molecule has 1 aromatic carbocycles. The summed E-state index contributed by atoms with van der Waals surface area (Å²) in [5.41, 5.74) is 6.55. The topological polar surface area (TPSA) is 68.3 Å². The van der Waals surface area contributed by atoms with Gasteiger partial charge in [-0.1, -0.05) is 13.0 Å². The second kappa shape index (κ2) is 6.77. The van der Waals surface area contributed by atoms with Crippen LogP contribution < -0.4 is 15.2 Å². The van der Waals surface area contributed by atoms with E-state index >= 15 is 0 Å². The SMILES string of the molecule is CCC(C#N)Oc1cc(OC)ccc1CCN. The highest BCUT2D eigenvalue weighted by molar-refractivity contribution is 5.41. The lowest BCUT2D eigenvalue weighted by Crippen LogP contribution is -2.14. The van der Waals surface area contributed by atoms with Gasteiger partial charge in [0.25, 0.3) is 0 Å². The van der Waals surface area contributed by atoms with Crippen LogP contribution >= 0.6 is 0 Å². The minimum absolute atomic E-state index is 0.432. The van der Waals surface area contributed by atoms with Crippen LogP contribution in [0.3, 0.4) is 0 Å². The number of nitrogens with two attached hydrogens (primary N) is 1. The van der Waals surface area contributed by atoms with Gasteiger partial charge in [0, 0.05) is 6.07 Å². The molecule has 0 saturated carbocycles. The van der Waals surface area contributed by atoms with Gasteiger partial charge in [-0.3, -0.25) is 0 Å². The Morgan fingerprint density at radius 3 is 2.76 bits per heavy atom. The zero-order valence-electron chi connectivity index (χ0n) is 10.3. The van der Waals surface area contributed by atoms with Crippen molar-refractivity contribution in [2.24, 2.45) is 5.73 Å². The standard InChI is InChI=1S/C13H18N2O2/c1-3-11(9-15)17-13-8-12(16-2)5-4-10(13)6-7-14/h4-5,8,11H,3,6-7,14H2,1-2H3. The van der Waals surface area contributed by atoms with Crippen molar-refractivity contribution in [1.82, 2.24) is 0 Å². The molecule has 4 nitrogen and oxygen atoms in total. The van der Waals surface area contributed by atoms with Crippen LogP contribution in [0, 0.1) is 11.3 Å². The summed E-state index contributed by atoms with van der Waals surface area (Å²) in [4.78, 5) is 0. The summed E-state index contributed by atoms with van der Waals surface area (Å²) in [6, 6.07) is 7.70. The number of methoxy groups -OCH3 is 1. The van der Waals surface area contributed by atoms with Crippen molar-refractivity contribution in [3.05, 3.63) is 23.8 Å². The number of benzene rings is 1. The maximum absolute atomic E-state index is 8.90. The highest BCUT2D eigenvalue weighted by Crippen LogP contribution is 2.26. The molecule has 2 N–H and O–H groups in total. The Bertz CT molecular complexity index is 399. The maximum atomic E-state index is 8.90. The van der Waals surface area contributed by atoms with Gasteiger partial charge >= 0.3 is 0 Å². The zero-order valence-corrected chi connectivity index (χ0v) is 10.3. The van der Waals surface area contributed by atoms with Crippen molar-refractivity contribution in [3.8, 4) is 17.6 Å². The number of nitrogens with zero attached hydrogens (tertiary/aromatic N) is 1. The van der Waals surface area contributed by atoms with Crippen LogP contribution in [0.1, 0.15) is 18.9 Å². The van der Waals surface area contributed by atoms with Crippen molar-refractivity contribution in [1.29, 1.82) is 5.26 Å². The number of rotatable bonds is 6. The Balaban J connectivity index is 2.96. The van der Waals surface area contributed by atoms with Gasteiger partial charge in [-0.25, -0.2) is 0 Å². The molecule has 0 aliphatic rings. The molecule has 0 aliphatic carbocycles. The van der Waals surface area contributed by atoms with E-state index in [1.54, 1.807) is 13.2 Å². The molecule has 1 unspecified atom stereocenters. The van der Waals surface area contributed by atoms with E-state index in [9.17, 15) is 0 Å². The summed E-state index contributed by atoms with van der Waals surface area (Å²) < 4.78 is 10.8. The second-order valence-electron chi connectivity index (χ2n) is 3.66. The number of ether oxygens (including phenoxy) is 2. The van der Waals surface area contributed by atoms with Crippen molar-refractivity contribution in [2.75, 3.05) is 13.7 Å². The monoisotopic (exact) mass is 234 g/mol. The first-order valence-electron chi connectivity index (χ1n) is 5.68. The molecule has 92 valence electrons. The summed E-state index contributed by atoms with van der Waals surface area (Å²) in [7, 11) is 1.60. The highest BCUT2D eigenvalue weighted by atomic mass is 16.5. The number of nitriles is 1. The van der Waals surface area contributed by atoms with Crippen LogP contribution in [-0.4, -0.2) is 19.8 Å². The van der Waals surface area contributed by atoms with E-state index in [0.29, 0.717) is 24.5 Å². The van der Waals surface area contributed by atoms with Crippen LogP contribution in [-0.2, 0) is 6.42 Å². The molecular formula is C13H18N2O2. The summed E-state index contributed by atoms with van der Waals surface area (Å²) in [6.07, 6.45) is 0.940. The molecule has 0 saturated heterocycles. The molecule has 0 aliphatic heterocycles. The van der Waals surface area contributed by atoms with Gasteiger partial charge in [0.15, 0.2) is 6.10 Å². The van der Waals surface area contributed by atoms with Gasteiger partial charge in [0.05, 0.1) is 7.11 Å². The van der Waals surface area contributed by atoms with Gasteiger partial charge in [0.2, 0.25) is 0 Å². The summed E-state index contributed by atoms with van der Waals surface area (Å²) in [5, 5.41) is 8.90. The van der Waals surface area contributed by atoms with Crippen LogP contribution in [0.4, 0.5) is 0 Å². The van der Waals surface area contributed by atoms with E-state index in [1.807, 2.05) is 19.1 Å². The van der Waals surface area contributed by atoms with Gasteiger partial charge in [-0.2, -0.15) is 5.26 Å². The largest absolute Gasteiger partial charge is 0.497 e. The van der Waals surface area contributed by atoms with E-state index in [-0.39, 0.29) is 0 Å². The fourth-order valence-corrected chi connectivity index (χ4v) is 1.49. The molecule has 4 heteroatoms. The van der Waals surface area contributed by atoms with E-state index in [1.165, 1.54) is 0 Å². The van der Waals surface area contributed by atoms with E-state index in [0.717, 1.165) is 12.0 Å². The second-order valence-corrected chi connectivity index (χ2v) is 3.66. The minimum atomic E-state index is -0.432. The predicted octanol–water partition coefficient (Wildman–Crippen LogP) is 1.88. The molecule has 0 aromatic heterocycles. The third-order valence-electron chi connectivity index (χ3n) is 2.47. The van der Waals surface area contributed by atoms with Gasteiger partial charge in [-0.05, 0) is 31.0 Å². The smallest absolute Gasteiger partial charge is 0.184 e. The maximum Gasteiger partial charge on any atom is 0.184 e. The molecule has 1 aromatic rings. The lowest BCUT2D eigenvalue weighted by atomic mass is 10.1. The van der Waals surface area contributed by atoms with Gasteiger partial charge in [0.1, 0.15) is 17.6 Å². The van der Waals surface area contributed by atoms with E-state index < -0.39 is 6.10 Å². The summed E-state index contributed by atoms with van der Waals surface area (Å²) >= 11 is 0. The Morgan fingerprint density at radius 1 is 1.47 bits per heavy atom. The minimum Gasteiger partial charge on any atom is -0.497 e. The number of hydrogen-bond acceptors (Lipinski definition) is 4. The first-order chi connectivity index (χ1) is 8.24. The Kier molecular flexibility index (Phi) is 5.31. The van der Waals surface area contributed by atoms with Crippen LogP contribution in [0.5, 0.6) is 11.5 Å². The van der Waals surface area contributed by atoms with Crippen LogP contribution in [0.2, 0.25) is 0 Å². The molecular weight excluding hydrogens is 216 g/mol. The Hall–Kier alpha value is -1.73. The third kappa shape index (κ3) is 3.65.